The van der Waals surface area contributed by atoms with Gasteiger partial charge in [-0.2, -0.15) is 0 Å². The molecular weight excluding hydrogens is 248 g/mol. The lowest BCUT2D eigenvalue weighted by Gasteiger charge is -2.06. The zero-order valence-electron chi connectivity index (χ0n) is 10.9. The second kappa shape index (κ2) is 7.21. The van der Waals surface area contributed by atoms with E-state index < -0.39 is 0 Å². The number of Topliss-reactive ketones (excluding diaryl/α,β-unsaturated/α-hetero) is 1. The number of thioether (sulfide) groups is 1. The van der Waals surface area contributed by atoms with Crippen LogP contribution in [0.15, 0.2) is 24.3 Å². The van der Waals surface area contributed by atoms with Crippen LogP contribution >= 0.6 is 11.8 Å². The fourth-order valence-corrected chi connectivity index (χ4v) is 2.16. The van der Waals surface area contributed by atoms with Crippen molar-refractivity contribution in [3.63, 3.8) is 0 Å². The van der Waals surface area contributed by atoms with E-state index >= 15 is 0 Å². The molecule has 0 aliphatic heterocycles. The Morgan fingerprint density at radius 2 is 1.78 bits per heavy atom. The van der Waals surface area contributed by atoms with E-state index in [1.807, 2.05) is 24.3 Å². The third kappa shape index (κ3) is 4.53. The molecule has 0 saturated carbocycles. The summed E-state index contributed by atoms with van der Waals surface area (Å²) in [6.45, 7) is 4.23. The summed E-state index contributed by atoms with van der Waals surface area (Å²) in [5.41, 5.74) is 1.91. The molecule has 0 fully saturated rings. The monoisotopic (exact) mass is 266 g/mol. The lowest BCUT2D eigenvalue weighted by atomic mass is 10.0. The minimum Gasteiger partial charge on any atom is -0.468 e. The average molecular weight is 266 g/mol. The average Bonchev–Trinajstić information content (AvgIpc) is 2.38. The SMILES string of the molecule is COC(=O)CSCC(=O)c1ccc(C(C)C)cc1. The van der Waals surface area contributed by atoms with Crippen LogP contribution in [0.3, 0.4) is 0 Å². The molecule has 0 amide bonds. The maximum absolute atomic E-state index is 11.8. The molecule has 0 radical (unpaired) electrons. The Hall–Kier alpha value is -1.29. The summed E-state index contributed by atoms with van der Waals surface area (Å²) in [5, 5.41) is 0. The largest absolute Gasteiger partial charge is 0.468 e. The minimum absolute atomic E-state index is 0.0409. The number of methoxy groups -OCH3 is 1. The highest BCUT2D eigenvalue weighted by Crippen LogP contribution is 2.16. The third-order valence-corrected chi connectivity index (χ3v) is 3.49. The van der Waals surface area contributed by atoms with Crippen LogP contribution in [-0.4, -0.2) is 30.4 Å². The Labute approximate surface area is 112 Å². The van der Waals surface area contributed by atoms with Crippen molar-refractivity contribution in [3.05, 3.63) is 35.4 Å². The van der Waals surface area contributed by atoms with Crippen LogP contribution in [0.2, 0.25) is 0 Å². The topological polar surface area (TPSA) is 43.4 Å². The molecule has 4 heteroatoms. The van der Waals surface area contributed by atoms with Crippen molar-refractivity contribution in [2.75, 3.05) is 18.6 Å². The van der Waals surface area contributed by atoms with Gasteiger partial charge >= 0.3 is 5.97 Å². The van der Waals surface area contributed by atoms with Gasteiger partial charge in [0, 0.05) is 5.56 Å². The van der Waals surface area contributed by atoms with Crippen LogP contribution in [-0.2, 0) is 9.53 Å². The van der Waals surface area contributed by atoms with E-state index in [0.717, 1.165) is 0 Å². The van der Waals surface area contributed by atoms with Crippen molar-refractivity contribution < 1.29 is 14.3 Å². The molecule has 0 aliphatic carbocycles. The third-order valence-electron chi connectivity index (χ3n) is 2.58. The van der Waals surface area contributed by atoms with Crippen LogP contribution in [0.1, 0.15) is 35.7 Å². The van der Waals surface area contributed by atoms with Gasteiger partial charge in [-0.1, -0.05) is 38.1 Å². The molecule has 3 nitrogen and oxygen atoms in total. The predicted octanol–water partition coefficient (Wildman–Crippen LogP) is 2.90. The molecule has 98 valence electrons. The van der Waals surface area contributed by atoms with Crippen molar-refractivity contribution in [3.8, 4) is 0 Å². The number of ketones is 1. The highest BCUT2D eigenvalue weighted by atomic mass is 32.2. The van der Waals surface area contributed by atoms with E-state index in [-0.39, 0.29) is 17.5 Å². The van der Waals surface area contributed by atoms with Crippen LogP contribution in [0.25, 0.3) is 0 Å². The van der Waals surface area contributed by atoms with E-state index in [1.54, 1.807) is 0 Å². The van der Waals surface area contributed by atoms with Crippen molar-refractivity contribution in [2.24, 2.45) is 0 Å². The van der Waals surface area contributed by atoms with Gasteiger partial charge in [-0.05, 0) is 11.5 Å². The van der Waals surface area contributed by atoms with Gasteiger partial charge in [-0.15, -0.1) is 11.8 Å². The number of ether oxygens (including phenoxy) is 1. The molecule has 0 aliphatic rings. The highest BCUT2D eigenvalue weighted by Gasteiger charge is 2.08. The number of hydrogen-bond donors (Lipinski definition) is 0. The normalized spacial score (nSPS) is 10.4. The maximum atomic E-state index is 11.8. The van der Waals surface area contributed by atoms with Gasteiger partial charge in [0.15, 0.2) is 5.78 Å². The summed E-state index contributed by atoms with van der Waals surface area (Å²) in [4.78, 5) is 22.7. The van der Waals surface area contributed by atoms with Gasteiger partial charge in [0.1, 0.15) is 0 Å². The standard InChI is InChI=1S/C14H18O3S/c1-10(2)11-4-6-12(7-5-11)13(15)8-18-9-14(16)17-3/h4-7,10H,8-9H2,1-3H3. The molecule has 0 bridgehead atoms. The van der Waals surface area contributed by atoms with Gasteiger partial charge in [0.05, 0.1) is 18.6 Å². The van der Waals surface area contributed by atoms with Crippen LogP contribution in [0.4, 0.5) is 0 Å². The zero-order valence-corrected chi connectivity index (χ0v) is 11.8. The lowest BCUT2D eigenvalue weighted by molar-refractivity contribution is -0.137. The summed E-state index contributed by atoms with van der Waals surface area (Å²) >= 11 is 1.28. The molecule has 0 N–H and O–H groups in total. The molecule has 0 spiro atoms. The van der Waals surface area contributed by atoms with Crippen LogP contribution < -0.4 is 0 Å². The number of hydrogen-bond acceptors (Lipinski definition) is 4. The molecule has 1 rings (SSSR count). The van der Waals surface area contributed by atoms with E-state index in [9.17, 15) is 9.59 Å². The first-order valence-electron chi connectivity index (χ1n) is 5.82. The number of esters is 1. The van der Waals surface area contributed by atoms with Gasteiger partial charge in [0.2, 0.25) is 0 Å². The molecule has 1 aromatic carbocycles. The van der Waals surface area contributed by atoms with Gasteiger partial charge < -0.3 is 4.74 Å². The van der Waals surface area contributed by atoms with Gasteiger partial charge in [-0.25, -0.2) is 0 Å². The summed E-state index contributed by atoms with van der Waals surface area (Å²) in [5.74, 6) is 0.715. The van der Waals surface area contributed by atoms with Crippen LogP contribution in [0.5, 0.6) is 0 Å². The second-order valence-electron chi connectivity index (χ2n) is 4.27. The summed E-state index contributed by atoms with van der Waals surface area (Å²) in [7, 11) is 1.34. The smallest absolute Gasteiger partial charge is 0.315 e. The molecule has 0 aromatic heterocycles. The van der Waals surface area contributed by atoms with E-state index in [4.69, 9.17) is 0 Å². The number of rotatable bonds is 6. The van der Waals surface area contributed by atoms with Crippen LogP contribution in [0, 0.1) is 0 Å². The summed E-state index contributed by atoms with van der Waals surface area (Å²) in [6, 6.07) is 7.64. The number of carbonyl (C=O) groups is 2. The molecular formula is C14H18O3S. The Kier molecular flexibility index (Phi) is 5.92. The molecule has 0 unspecified atom stereocenters. The van der Waals surface area contributed by atoms with Crippen molar-refractivity contribution in [1.82, 2.24) is 0 Å². The molecule has 1 aromatic rings. The van der Waals surface area contributed by atoms with E-state index in [1.165, 1.54) is 24.4 Å². The number of carbonyl (C=O) groups excluding carboxylic acids is 2. The summed E-state index contributed by atoms with van der Waals surface area (Å²) < 4.78 is 4.51. The van der Waals surface area contributed by atoms with Crippen molar-refractivity contribution in [2.45, 2.75) is 19.8 Å². The van der Waals surface area contributed by atoms with Gasteiger partial charge in [-0.3, -0.25) is 9.59 Å². The second-order valence-corrected chi connectivity index (χ2v) is 5.25. The lowest BCUT2D eigenvalue weighted by Crippen LogP contribution is -2.08. The Balaban J connectivity index is 2.49. The zero-order chi connectivity index (χ0) is 13.5. The van der Waals surface area contributed by atoms with E-state index in [0.29, 0.717) is 17.2 Å². The van der Waals surface area contributed by atoms with Crippen molar-refractivity contribution in [1.29, 1.82) is 0 Å². The Bertz CT molecular complexity index is 410. The first-order chi connectivity index (χ1) is 8.54. The molecule has 0 atom stereocenters. The highest BCUT2D eigenvalue weighted by molar-refractivity contribution is 8.00. The Morgan fingerprint density at radius 1 is 1.17 bits per heavy atom. The maximum Gasteiger partial charge on any atom is 0.315 e. The predicted molar refractivity (Wildman–Crippen MR) is 74.2 cm³/mol. The van der Waals surface area contributed by atoms with Gasteiger partial charge in [0.25, 0.3) is 0 Å². The fourth-order valence-electron chi connectivity index (χ4n) is 1.42. The molecule has 0 heterocycles. The van der Waals surface area contributed by atoms with E-state index in [2.05, 4.69) is 18.6 Å². The minimum atomic E-state index is -0.303. The molecule has 18 heavy (non-hydrogen) atoms. The fraction of sp³-hybridized carbons (Fsp3) is 0.429. The number of benzene rings is 1. The first kappa shape index (κ1) is 14.8. The van der Waals surface area contributed by atoms with Crippen molar-refractivity contribution >= 4 is 23.5 Å². The summed E-state index contributed by atoms with van der Waals surface area (Å²) in [6.07, 6.45) is 0. The quantitative estimate of drug-likeness (QED) is 0.586. The Morgan fingerprint density at radius 3 is 2.28 bits per heavy atom. The first-order valence-corrected chi connectivity index (χ1v) is 6.97. The molecule has 0 saturated heterocycles.